The van der Waals surface area contributed by atoms with Gasteiger partial charge in [-0.05, 0) is 30.7 Å². The van der Waals surface area contributed by atoms with Gasteiger partial charge in [0.05, 0.1) is 18.5 Å². The molecular formula is C25H22N4O2. The molecule has 0 fully saturated rings. The number of hydrogen-bond donors (Lipinski definition) is 3. The molecule has 4 rings (SSSR count). The second kappa shape index (κ2) is 9.09. The van der Waals surface area contributed by atoms with Gasteiger partial charge < -0.3 is 10.3 Å². The first-order chi connectivity index (χ1) is 15.1. The molecule has 3 N–H and O–H groups in total. The van der Waals surface area contributed by atoms with Crippen molar-refractivity contribution in [2.45, 2.75) is 6.92 Å². The van der Waals surface area contributed by atoms with E-state index in [4.69, 9.17) is 0 Å². The van der Waals surface area contributed by atoms with Crippen molar-refractivity contribution in [1.82, 2.24) is 15.7 Å². The molecule has 0 saturated heterocycles. The molecule has 0 aliphatic rings. The van der Waals surface area contributed by atoms with Crippen molar-refractivity contribution >= 4 is 28.9 Å². The molecule has 6 nitrogen and oxygen atoms in total. The lowest BCUT2D eigenvalue weighted by Crippen LogP contribution is -2.34. The van der Waals surface area contributed by atoms with Crippen LogP contribution in [-0.4, -0.2) is 29.6 Å². The SMILES string of the molecule is Cc1ccc(C(=O)NCC(=O)N/N=C/c2c(-c3ccccc3)[nH]c3ccccc23)cc1. The summed E-state index contributed by atoms with van der Waals surface area (Å²) in [7, 11) is 0. The highest BCUT2D eigenvalue weighted by Crippen LogP contribution is 2.28. The van der Waals surface area contributed by atoms with Crippen LogP contribution in [0.2, 0.25) is 0 Å². The summed E-state index contributed by atoms with van der Waals surface area (Å²) < 4.78 is 0. The maximum atomic E-state index is 12.1. The Hall–Kier alpha value is -4.19. The van der Waals surface area contributed by atoms with Gasteiger partial charge in [-0.1, -0.05) is 66.2 Å². The number of nitrogens with one attached hydrogen (secondary N) is 3. The van der Waals surface area contributed by atoms with Gasteiger partial charge >= 0.3 is 0 Å². The number of rotatable bonds is 6. The number of para-hydroxylation sites is 1. The van der Waals surface area contributed by atoms with Crippen LogP contribution in [0.5, 0.6) is 0 Å². The third-order valence-electron chi connectivity index (χ3n) is 4.91. The number of nitrogens with zero attached hydrogens (tertiary/aromatic N) is 1. The third kappa shape index (κ3) is 4.70. The fourth-order valence-electron chi connectivity index (χ4n) is 3.31. The van der Waals surface area contributed by atoms with E-state index in [1.807, 2.05) is 73.7 Å². The first-order valence-electron chi connectivity index (χ1n) is 9.95. The highest BCUT2D eigenvalue weighted by molar-refractivity contribution is 6.06. The van der Waals surface area contributed by atoms with E-state index < -0.39 is 5.91 Å². The molecule has 2 amide bonds. The summed E-state index contributed by atoms with van der Waals surface area (Å²) in [5, 5.41) is 7.72. The van der Waals surface area contributed by atoms with Crippen molar-refractivity contribution in [3.63, 3.8) is 0 Å². The number of carbonyl (C=O) groups is 2. The largest absolute Gasteiger partial charge is 0.354 e. The van der Waals surface area contributed by atoms with Gasteiger partial charge in [0.15, 0.2) is 0 Å². The number of H-pyrrole nitrogens is 1. The number of amides is 2. The minimum absolute atomic E-state index is 0.163. The summed E-state index contributed by atoms with van der Waals surface area (Å²) in [6.07, 6.45) is 1.63. The van der Waals surface area contributed by atoms with Crippen LogP contribution in [0, 0.1) is 6.92 Å². The smallest absolute Gasteiger partial charge is 0.259 e. The Morgan fingerprint density at radius 1 is 0.935 bits per heavy atom. The Kier molecular flexibility index (Phi) is 5.89. The molecule has 3 aromatic carbocycles. The van der Waals surface area contributed by atoms with Crippen molar-refractivity contribution in [3.8, 4) is 11.3 Å². The Morgan fingerprint density at radius 2 is 1.65 bits per heavy atom. The molecule has 1 heterocycles. The van der Waals surface area contributed by atoms with Gasteiger partial charge in [-0.25, -0.2) is 5.43 Å². The fourth-order valence-corrected chi connectivity index (χ4v) is 3.31. The number of hydrogen-bond acceptors (Lipinski definition) is 3. The van der Waals surface area contributed by atoms with E-state index in [0.29, 0.717) is 5.56 Å². The zero-order valence-corrected chi connectivity index (χ0v) is 17.1. The zero-order valence-electron chi connectivity index (χ0n) is 17.1. The number of fused-ring (bicyclic) bond motifs is 1. The van der Waals surface area contributed by atoms with E-state index in [1.165, 1.54) is 0 Å². The zero-order chi connectivity index (χ0) is 21.6. The fraction of sp³-hybridized carbons (Fsp3) is 0.0800. The average molecular weight is 410 g/mol. The second-order valence-corrected chi connectivity index (χ2v) is 7.17. The van der Waals surface area contributed by atoms with Crippen molar-refractivity contribution in [1.29, 1.82) is 0 Å². The number of aryl methyl sites for hydroxylation is 1. The quantitative estimate of drug-likeness (QED) is 0.331. The molecule has 0 aliphatic carbocycles. The molecular weight excluding hydrogens is 388 g/mol. The first kappa shape index (κ1) is 20.1. The van der Waals surface area contributed by atoms with E-state index in [9.17, 15) is 9.59 Å². The second-order valence-electron chi connectivity index (χ2n) is 7.17. The average Bonchev–Trinajstić information content (AvgIpc) is 3.17. The van der Waals surface area contributed by atoms with Crippen LogP contribution in [0.25, 0.3) is 22.2 Å². The minimum atomic E-state index is -0.405. The molecule has 4 aromatic rings. The molecule has 0 saturated carbocycles. The minimum Gasteiger partial charge on any atom is -0.354 e. The third-order valence-corrected chi connectivity index (χ3v) is 4.91. The van der Waals surface area contributed by atoms with Gasteiger partial charge in [0.25, 0.3) is 11.8 Å². The van der Waals surface area contributed by atoms with Crippen LogP contribution in [0.4, 0.5) is 0 Å². The summed E-state index contributed by atoms with van der Waals surface area (Å²) >= 11 is 0. The predicted octanol–water partition coefficient (Wildman–Crippen LogP) is 4.02. The summed E-state index contributed by atoms with van der Waals surface area (Å²) in [5.74, 6) is -0.708. The van der Waals surface area contributed by atoms with Crippen LogP contribution in [0.15, 0.2) is 84.0 Å². The number of benzene rings is 3. The summed E-state index contributed by atoms with van der Waals surface area (Å²) in [5.41, 5.74) is 7.87. The van der Waals surface area contributed by atoms with Gasteiger partial charge in [-0.3, -0.25) is 9.59 Å². The van der Waals surface area contributed by atoms with Crippen LogP contribution in [0.3, 0.4) is 0 Å². The lowest BCUT2D eigenvalue weighted by molar-refractivity contribution is -0.120. The standard InChI is InChI=1S/C25H22N4O2/c1-17-11-13-19(14-12-17)25(31)26-16-23(30)29-27-15-21-20-9-5-6-10-22(20)28-24(21)18-7-3-2-4-8-18/h2-15,28H,16H2,1H3,(H,26,31)(H,29,30)/b27-15+. The van der Waals surface area contributed by atoms with Crippen molar-refractivity contribution in [2.24, 2.45) is 5.10 Å². The predicted molar refractivity (Wildman–Crippen MR) is 123 cm³/mol. The highest BCUT2D eigenvalue weighted by atomic mass is 16.2. The molecule has 6 heteroatoms. The molecule has 0 unspecified atom stereocenters. The first-order valence-corrected chi connectivity index (χ1v) is 9.95. The lowest BCUT2D eigenvalue weighted by Gasteiger charge is -2.05. The molecule has 0 radical (unpaired) electrons. The Balaban J connectivity index is 1.44. The van der Waals surface area contributed by atoms with Gasteiger partial charge in [0.2, 0.25) is 0 Å². The van der Waals surface area contributed by atoms with E-state index in [0.717, 1.165) is 33.3 Å². The number of aromatic amines is 1. The molecule has 1 aromatic heterocycles. The van der Waals surface area contributed by atoms with E-state index in [2.05, 4.69) is 20.8 Å². The molecule has 0 spiro atoms. The number of hydrazone groups is 1. The van der Waals surface area contributed by atoms with Crippen LogP contribution < -0.4 is 10.7 Å². The molecule has 31 heavy (non-hydrogen) atoms. The van der Waals surface area contributed by atoms with Crippen LogP contribution in [0.1, 0.15) is 21.5 Å². The summed E-state index contributed by atoms with van der Waals surface area (Å²) in [6.45, 7) is 1.79. The summed E-state index contributed by atoms with van der Waals surface area (Å²) in [4.78, 5) is 27.7. The van der Waals surface area contributed by atoms with E-state index >= 15 is 0 Å². The Bertz CT molecular complexity index is 1240. The topological polar surface area (TPSA) is 86.3 Å². The molecule has 154 valence electrons. The van der Waals surface area contributed by atoms with Crippen LogP contribution in [-0.2, 0) is 4.79 Å². The van der Waals surface area contributed by atoms with Gasteiger partial charge in [-0.15, -0.1) is 0 Å². The lowest BCUT2D eigenvalue weighted by atomic mass is 10.1. The van der Waals surface area contributed by atoms with Crippen LogP contribution >= 0.6 is 0 Å². The number of carbonyl (C=O) groups excluding carboxylic acids is 2. The molecule has 0 bridgehead atoms. The van der Waals surface area contributed by atoms with E-state index in [-0.39, 0.29) is 12.5 Å². The maximum absolute atomic E-state index is 12.1. The van der Waals surface area contributed by atoms with Gasteiger partial charge in [-0.2, -0.15) is 5.10 Å². The highest BCUT2D eigenvalue weighted by Gasteiger charge is 2.11. The Labute approximate surface area is 180 Å². The molecule has 0 aliphatic heterocycles. The Morgan fingerprint density at radius 3 is 2.42 bits per heavy atom. The van der Waals surface area contributed by atoms with E-state index in [1.54, 1.807) is 18.3 Å². The van der Waals surface area contributed by atoms with Gasteiger partial charge in [0, 0.05) is 22.0 Å². The van der Waals surface area contributed by atoms with Crippen molar-refractivity contribution in [3.05, 3.63) is 95.6 Å². The number of aromatic nitrogens is 1. The molecule has 0 atom stereocenters. The normalized spacial score (nSPS) is 11.0. The monoisotopic (exact) mass is 410 g/mol. The van der Waals surface area contributed by atoms with Gasteiger partial charge in [0.1, 0.15) is 0 Å². The maximum Gasteiger partial charge on any atom is 0.259 e. The van der Waals surface area contributed by atoms with Crippen molar-refractivity contribution < 1.29 is 9.59 Å². The van der Waals surface area contributed by atoms with Crippen molar-refractivity contribution in [2.75, 3.05) is 6.54 Å². The summed E-state index contributed by atoms with van der Waals surface area (Å²) in [6, 6.07) is 25.0.